The summed E-state index contributed by atoms with van der Waals surface area (Å²) >= 11 is 0. The van der Waals surface area contributed by atoms with E-state index in [-0.39, 0.29) is 17.8 Å². The zero-order valence-electron chi connectivity index (χ0n) is 16.0. The maximum atomic E-state index is 12.9. The van der Waals surface area contributed by atoms with Gasteiger partial charge in [-0.1, -0.05) is 0 Å². The minimum absolute atomic E-state index is 0.0337. The van der Waals surface area contributed by atoms with Crippen LogP contribution in [0, 0.1) is 11.3 Å². The van der Waals surface area contributed by atoms with Gasteiger partial charge in [0.15, 0.2) is 5.65 Å². The molecular formula is C21H20N6O2. The van der Waals surface area contributed by atoms with Crippen molar-refractivity contribution in [1.82, 2.24) is 23.7 Å². The number of aromatic nitrogens is 5. The third-order valence-corrected chi connectivity index (χ3v) is 5.90. The Morgan fingerprint density at radius 3 is 2.72 bits per heavy atom. The van der Waals surface area contributed by atoms with Gasteiger partial charge in [-0.2, -0.15) is 10.4 Å². The maximum Gasteiger partial charge on any atom is 0.330 e. The van der Waals surface area contributed by atoms with Crippen LogP contribution in [0.2, 0.25) is 0 Å². The van der Waals surface area contributed by atoms with E-state index in [1.54, 1.807) is 45.2 Å². The SMILES string of the molecule is Cn1c(=O)n([C@H]2CC[C@H](O)CC2)c2nc(-c3cnn4ccc(C#N)cc34)ccc21. The van der Waals surface area contributed by atoms with Crippen LogP contribution in [0.1, 0.15) is 37.3 Å². The first kappa shape index (κ1) is 17.6. The third kappa shape index (κ3) is 2.74. The highest BCUT2D eigenvalue weighted by molar-refractivity contribution is 5.83. The molecule has 4 heterocycles. The third-order valence-electron chi connectivity index (χ3n) is 5.90. The molecule has 4 aromatic heterocycles. The van der Waals surface area contributed by atoms with Crippen molar-refractivity contribution < 1.29 is 5.11 Å². The van der Waals surface area contributed by atoms with Crippen molar-refractivity contribution in [2.45, 2.75) is 37.8 Å². The minimum Gasteiger partial charge on any atom is -0.393 e. The molecule has 8 heteroatoms. The Bertz CT molecular complexity index is 1330. The quantitative estimate of drug-likeness (QED) is 0.568. The van der Waals surface area contributed by atoms with Crippen LogP contribution in [0.25, 0.3) is 27.9 Å². The van der Waals surface area contributed by atoms with E-state index in [1.807, 2.05) is 12.1 Å². The van der Waals surface area contributed by atoms with Gasteiger partial charge >= 0.3 is 5.69 Å². The van der Waals surface area contributed by atoms with E-state index >= 15 is 0 Å². The summed E-state index contributed by atoms with van der Waals surface area (Å²) in [4.78, 5) is 17.8. The summed E-state index contributed by atoms with van der Waals surface area (Å²) in [5.41, 5.74) is 4.20. The monoisotopic (exact) mass is 388 g/mol. The van der Waals surface area contributed by atoms with Crippen molar-refractivity contribution in [3.05, 3.63) is 52.7 Å². The fraction of sp³-hybridized carbons (Fsp3) is 0.333. The van der Waals surface area contributed by atoms with Crippen LogP contribution in [0.3, 0.4) is 0 Å². The molecule has 0 amide bonds. The average molecular weight is 388 g/mol. The number of aryl methyl sites for hydroxylation is 1. The maximum absolute atomic E-state index is 12.9. The molecule has 0 aromatic carbocycles. The molecule has 0 atom stereocenters. The normalized spacial score (nSPS) is 19.6. The van der Waals surface area contributed by atoms with Crippen molar-refractivity contribution in [2.24, 2.45) is 7.05 Å². The number of rotatable bonds is 2. The predicted molar refractivity (Wildman–Crippen MR) is 107 cm³/mol. The Labute approximate surface area is 166 Å². The Kier molecular flexibility index (Phi) is 4.00. The second-order valence-electron chi connectivity index (χ2n) is 7.63. The van der Waals surface area contributed by atoms with Gasteiger partial charge in [0.05, 0.1) is 40.7 Å². The number of hydrogen-bond acceptors (Lipinski definition) is 5. The van der Waals surface area contributed by atoms with Crippen LogP contribution >= 0.6 is 0 Å². The average Bonchev–Trinajstić information content (AvgIpc) is 3.27. The Morgan fingerprint density at radius 2 is 1.97 bits per heavy atom. The van der Waals surface area contributed by atoms with Gasteiger partial charge < -0.3 is 5.11 Å². The van der Waals surface area contributed by atoms with Crippen LogP contribution < -0.4 is 5.69 Å². The molecule has 1 aliphatic rings. The van der Waals surface area contributed by atoms with E-state index in [1.165, 1.54) is 0 Å². The Morgan fingerprint density at radius 1 is 1.17 bits per heavy atom. The van der Waals surface area contributed by atoms with E-state index in [0.29, 0.717) is 29.7 Å². The smallest absolute Gasteiger partial charge is 0.330 e. The number of imidazole rings is 1. The molecule has 0 aliphatic heterocycles. The van der Waals surface area contributed by atoms with Crippen LogP contribution in [-0.4, -0.2) is 34.9 Å². The number of nitriles is 1. The summed E-state index contributed by atoms with van der Waals surface area (Å²) in [5.74, 6) is 0. The molecule has 29 heavy (non-hydrogen) atoms. The second kappa shape index (κ2) is 6.57. The van der Waals surface area contributed by atoms with Crippen molar-refractivity contribution in [1.29, 1.82) is 5.26 Å². The van der Waals surface area contributed by atoms with Gasteiger partial charge in [0.1, 0.15) is 0 Å². The highest BCUT2D eigenvalue weighted by Crippen LogP contribution is 2.31. The van der Waals surface area contributed by atoms with Crippen molar-refractivity contribution in [2.75, 3.05) is 0 Å². The Balaban J connectivity index is 1.69. The lowest BCUT2D eigenvalue weighted by Crippen LogP contribution is -2.30. The van der Waals surface area contributed by atoms with Crippen LogP contribution in [0.5, 0.6) is 0 Å². The summed E-state index contributed by atoms with van der Waals surface area (Å²) in [6.07, 6.45) is 6.10. The molecule has 0 spiro atoms. The largest absolute Gasteiger partial charge is 0.393 e. The zero-order chi connectivity index (χ0) is 20.1. The summed E-state index contributed by atoms with van der Waals surface area (Å²) in [7, 11) is 1.76. The summed E-state index contributed by atoms with van der Waals surface area (Å²) < 4.78 is 5.11. The molecule has 0 saturated heterocycles. The Hall–Kier alpha value is -3.44. The molecule has 8 nitrogen and oxygen atoms in total. The van der Waals surface area contributed by atoms with Gasteiger partial charge in [0.25, 0.3) is 0 Å². The second-order valence-corrected chi connectivity index (χ2v) is 7.63. The highest BCUT2D eigenvalue weighted by atomic mass is 16.3. The molecule has 4 aromatic rings. The lowest BCUT2D eigenvalue weighted by Gasteiger charge is -2.26. The molecule has 0 bridgehead atoms. The van der Waals surface area contributed by atoms with E-state index in [4.69, 9.17) is 4.98 Å². The van der Waals surface area contributed by atoms with Gasteiger partial charge in [0.2, 0.25) is 0 Å². The zero-order valence-corrected chi connectivity index (χ0v) is 16.0. The molecule has 1 aliphatic carbocycles. The molecular weight excluding hydrogens is 368 g/mol. The van der Waals surface area contributed by atoms with Crippen molar-refractivity contribution in [3.63, 3.8) is 0 Å². The number of aliphatic hydroxyl groups is 1. The summed E-state index contributed by atoms with van der Waals surface area (Å²) in [6, 6.07) is 9.48. The molecule has 0 radical (unpaired) electrons. The lowest BCUT2D eigenvalue weighted by molar-refractivity contribution is 0.110. The molecule has 1 fully saturated rings. The van der Waals surface area contributed by atoms with Gasteiger partial charge in [-0.15, -0.1) is 0 Å². The topological polar surface area (TPSA) is 101 Å². The van der Waals surface area contributed by atoms with Crippen LogP contribution in [-0.2, 0) is 7.05 Å². The van der Waals surface area contributed by atoms with Crippen molar-refractivity contribution in [3.8, 4) is 17.3 Å². The van der Waals surface area contributed by atoms with Gasteiger partial charge in [-0.05, 0) is 49.9 Å². The van der Waals surface area contributed by atoms with E-state index < -0.39 is 0 Å². The first-order valence-corrected chi connectivity index (χ1v) is 9.70. The molecule has 1 N–H and O–H groups in total. The molecule has 0 unspecified atom stereocenters. The standard InChI is InChI=1S/C21H20N6O2/c1-25-18-7-6-17(16-12-23-26-9-8-13(11-22)10-19(16)26)24-20(18)27(21(25)29)14-2-4-15(28)5-3-14/h6-10,12,14-15,28H,2-5H2,1H3/t14-,15-. The first-order valence-electron chi connectivity index (χ1n) is 9.70. The number of pyridine rings is 2. The van der Waals surface area contributed by atoms with E-state index in [9.17, 15) is 15.2 Å². The predicted octanol–water partition coefficient (Wildman–Crippen LogP) is 2.40. The molecule has 1 saturated carbocycles. The van der Waals surface area contributed by atoms with Crippen LogP contribution in [0.15, 0.2) is 41.5 Å². The fourth-order valence-electron chi connectivity index (χ4n) is 4.28. The number of nitrogens with zero attached hydrogens (tertiary/aromatic N) is 6. The van der Waals surface area contributed by atoms with Crippen LogP contribution in [0.4, 0.5) is 0 Å². The van der Waals surface area contributed by atoms with Gasteiger partial charge in [-0.25, -0.2) is 14.3 Å². The van der Waals surface area contributed by atoms with E-state index in [2.05, 4.69) is 11.2 Å². The van der Waals surface area contributed by atoms with Crippen molar-refractivity contribution >= 4 is 16.7 Å². The minimum atomic E-state index is -0.284. The van der Waals surface area contributed by atoms with Gasteiger partial charge in [0, 0.05) is 24.8 Å². The summed E-state index contributed by atoms with van der Waals surface area (Å²) in [5, 5.41) is 23.4. The van der Waals surface area contributed by atoms with E-state index in [0.717, 1.165) is 29.4 Å². The molecule has 5 rings (SSSR count). The number of fused-ring (bicyclic) bond motifs is 2. The first-order chi connectivity index (χ1) is 14.1. The summed E-state index contributed by atoms with van der Waals surface area (Å²) in [6.45, 7) is 0. The number of hydrogen-bond donors (Lipinski definition) is 1. The highest BCUT2D eigenvalue weighted by Gasteiger charge is 2.26. The number of aliphatic hydroxyl groups excluding tert-OH is 1. The lowest BCUT2D eigenvalue weighted by atomic mass is 9.93. The molecule has 146 valence electrons. The van der Waals surface area contributed by atoms with Gasteiger partial charge in [-0.3, -0.25) is 9.13 Å². The fourth-order valence-corrected chi connectivity index (χ4v) is 4.28.